The van der Waals surface area contributed by atoms with Crippen LogP contribution in [0.25, 0.3) is 0 Å². The first-order valence-electron chi connectivity index (χ1n) is 7.40. The van der Waals surface area contributed by atoms with Crippen LogP contribution in [0.2, 0.25) is 0 Å². The highest BCUT2D eigenvalue weighted by molar-refractivity contribution is 5.17. The third-order valence-corrected chi connectivity index (χ3v) is 4.13. The second-order valence-electron chi connectivity index (χ2n) is 5.58. The number of piperidine rings is 1. The molecular weight excluding hydrogens is 239 g/mol. The SMILES string of the molecule is CCNC(C)C1CCCN(Cc2ccccc2F)C1. The molecule has 1 saturated heterocycles. The first-order chi connectivity index (χ1) is 9.20. The standard InChI is InChI=1S/C16H25FN2/c1-3-18-13(2)14-8-6-10-19(11-14)12-15-7-4-5-9-16(15)17/h4-5,7,9,13-14,18H,3,6,8,10-12H2,1-2H3. The van der Waals surface area contributed by atoms with E-state index in [9.17, 15) is 4.39 Å². The van der Waals surface area contributed by atoms with E-state index >= 15 is 0 Å². The molecule has 106 valence electrons. The highest BCUT2D eigenvalue weighted by Gasteiger charge is 2.24. The van der Waals surface area contributed by atoms with Crippen LogP contribution in [0.4, 0.5) is 4.39 Å². The summed E-state index contributed by atoms with van der Waals surface area (Å²) < 4.78 is 13.7. The van der Waals surface area contributed by atoms with Gasteiger partial charge in [-0.2, -0.15) is 0 Å². The van der Waals surface area contributed by atoms with Crippen LogP contribution in [-0.2, 0) is 6.54 Å². The van der Waals surface area contributed by atoms with Crippen molar-refractivity contribution in [2.45, 2.75) is 39.3 Å². The molecule has 2 nitrogen and oxygen atoms in total. The molecule has 3 heteroatoms. The molecule has 2 rings (SSSR count). The van der Waals surface area contributed by atoms with E-state index < -0.39 is 0 Å². The van der Waals surface area contributed by atoms with E-state index in [0.717, 1.165) is 31.7 Å². The Morgan fingerprint density at radius 2 is 2.21 bits per heavy atom. The quantitative estimate of drug-likeness (QED) is 0.879. The minimum Gasteiger partial charge on any atom is -0.314 e. The molecule has 2 unspecified atom stereocenters. The minimum absolute atomic E-state index is 0.0793. The number of rotatable bonds is 5. The Labute approximate surface area is 116 Å². The molecule has 1 fully saturated rings. The molecule has 0 amide bonds. The number of halogens is 1. The molecule has 0 saturated carbocycles. The third-order valence-electron chi connectivity index (χ3n) is 4.13. The Morgan fingerprint density at radius 1 is 1.42 bits per heavy atom. The maximum absolute atomic E-state index is 13.7. The molecule has 1 aromatic carbocycles. The Hall–Kier alpha value is -0.930. The van der Waals surface area contributed by atoms with Gasteiger partial charge >= 0.3 is 0 Å². The molecule has 0 radical (unpaired) electrons. The van der Waals surface area contributed by atoms with Gasteiger partial charge in [0.25, 0.3) is 0 Å². The van der Waals surface area contributed by atoms with Crippen LogP contribution < -0.4 is 5.32 Å². The average Bonchev–Trinajstić information content (AvgIpc) is 2.42. The second-order valence-corrected chi connectivity index (χ2v) is 5.58. The van der Waals surface area contributed by atoms with Gasteiger partial charge in [-0.15, -0.1) is 0 Å². The molecule has 1 aliphatic rings. The first kappa shape index (κ1) is 14.5. The van der Waals surface area contributed by atoms with Crippen molar-refractivity contribution in [3.05, 3.63) is 35.6 Å². The van der Waals surface area contributed by atoms with E-state index in [1.54, 1.807) is 12.1 Å². The molecule has 0 aliphatic carbocycles. The fourth-order valence-electron chi connectivity index (χ4n) is 3.00. The van der Waals surface area contributed by atoms with E-state index in [-0.39, 0.29) is 5.82 Å². The van der Waals surface area contributed by atoms with Crippen molar-refractivity contribution in [1.29, 1.82) is 0 Å². The van der Waals surface area contributed by atoms with Gasteiger partial charge in [-0.3, -0.25) is 4.90 Å². The zero-order valence-electron chi connectivity index (χ0n) is 12.0. The van der Waals surface area contributed by atoms with Crippen LogP contribution in [0.5, 0.6) is 0 Å². The number of hydrogen-bond acceptors (Lipinski definition) is 2. The first-order valence-corrected chi connectivity index (χ1v) is 7.40. The van der Waals surface area contributed by atoms with Gasteiger partial charge in [-0.1, -0.05) is 25.1 Å². The Morgan fingerprint density at radius 3 is 2.95 bits per heavy atom. The van der Waals surface area contributed by atoms with Crippen molar-refractivity contribution in [2.75, 3.05) is 19.6 Å². The molecule has 0 aromatic heterocycles. The lowest BCUT2D eigenvalue weighted by atomic mass is 9.91. The summed E-state index contributed by atoms with van der Waals surface area (Å²) in [7, 11) is 0. The highest BCUT2D eigenvalue weighted by Crippen LogP contribution is 2.22. The van der Waals surface area contributed by atoms with Crippen LogP contribution in [0.3, 0.4) is 0 Å². The predicted octanol–water partition coefficient (Wildman–Crippen LogP) is 3.04. The van der Waals surface area contributed by atoms with Crippen molar-refractivity contribution < 1.29 is 4.39 Å². The highest BCUT2D eigenvalue weighted by atomic mass is 19.1. The summed E-state index contributed by atoms with van der Waals surface area (Å²) in [6, 6.07) is 7.67. The van der Waals surface area contributed by atoms with Crippen molar-refractivity contribution in [3.63, 3.8) is 0 Å². The van der Waals surface area contributed by atoms with Crippen molar-refractivity contribution in [1.82, 2.24) is 10.2 Å². The normalized spacial score (nSPS) is 22.4. The zero-order chi connectivity index (χ0) is 13.7. The Balaban J connectivity index is 1.92. The van der Waals surface area contributed by atoms with Gasteiger partial charge in [0.1, 0.15) is 5.82 Å². The van der Waals surface area contributed by atoms with Crippen LogP contribution in [-0.4, -0.2) is 30.6 Å². The predicted molar refractivity (Wildman–Crippen MR) is 77.5 cm³/mol. The van der Waals surface area contributed by atoms with Crippen LogP contribution in [0.15, 0.2) is 24.3 Å². The van der Waals surface area contributed by atoms with Gasteiger partial charge in [0.05, 0.1) is 0 Å². The summed E-state index contributed by atoms with van der Waals surface area (Å²) in [6.07, 6.45) is 2.50. The number of nitrogens with zero attached hydrogens (tertiary/aromatic N) is 1. The van der Waals surface area contributed by atoms with Crippen molar-refractivity contribution in [3.8, 4) is 0 Å². The Kier molecular flexibility index (Phi) is 5.34. The molecule has 19 heavy (non-hydrogen) atoms. The Bertz CT molecular complexity index is 394. The largest absolute Gasteiger partial charge is 0.314 e. The van der Waals surface area contributed by atoms with Gasteiger partial charge in [-0.25, -0.2) is 4.39 Å². The second kappa shape index (κ2) is 7.01. The summed E-state index contributed by atoms with van der Waals surface area (Å²) >= 11 is 0. The average molecular weight is 264 g/mol. The molecular formula is C16H25FN2. The fourth-order valence-corrected chi connectivity index (χ4v) is 3.00. The van der Waals surface area contributed by atoms with Crippen molar-refractivity contribution >= 4 is 0 Å². The molecule has 1 aliphatic heterocycles. The fraction of sp³-hybridized carbons (Fsp3) is 0.625. The van der Waals surface area contributed by atoms with Gasteiger partial charge < -0.3 is 5.32 Å². The smallest absolute Gasteiger partial charge is 0.127 e. The number of benzene rings is 1. The molecule has 2 atom stereocenters. The van der Waals surface area contributed by atoms with Crippen LogP contribution in [0.1, 0.15) is 32.3 Å². The van der Waals surface area contributed by atoms with Gasteiger partial charge in [0, 0.05) is 24.7 Å². The summed E-state index contributed by atoms with van der Waals surface area (Å²) in [4.78, 5) is 2.39. The van der Waals surface area contributed by atoms with Gasteiger partial charge in [0.15, 0.2) is 0 Å². The van der Waals surface area contributed by atoms with E-state index in [1.807, 2.05) is 12.1 Å². The lowest BCUT2D eigenvalue weighted by Crippen LogP contribution is -2.44. The zero-order valence-corrected chi connectivity index (χ0v) is 12.0. The molecule has 1 aromatic rings. The number of hydrogen-bond donors (Lipinski definition) is 1. The van der Waals surface area contributed by atoms with E-state index in [2.05, 4.69) is 24.1 Å². The summed E-state index contributed by atoms with van der Waals surface area (Å²) in [6.45, 7) is 8.33. The molecule has 1 heterocycles. The molecule has 0 bridgehead atoms. The van der Waals surface area contributed by atoms with E-state index in [4.69, 9.17) is 0 Å². The molecule has 1 N–H and O–H groups in total. The third kappa shape index (κ3) is 4.02. The maximum atomic E-state index is 13.7. The topological polar surface area (TPSA) is 15.3 Å². The summed E-state index contributed by atoms with van der Waals surface area (Å²) in [5.41, 5.74) is 0.819. The van der Waals surface area contributed by atoms with Gasteiger partial charge in [-0.05, 0) is 44.8 Å². The maximum Gasteiger partial charge on any atom is 0.127 e. The summed E-state index contributed by atoms with van der Waals surface area (Å²) in [5.74, 6) is 0.602. The summed E-state index contributed by atoms with van der Waals surface area (Å²) in [5, 5.41) is 3.51. The van der Waals surface area contributed by atoms with E-state index in [0.29, 0.717) is 12.0 Å². The van der Waals surface area contributed by atoms with Crippen LogP contribution in [0, 0.1) is 11.7 Å². The van der Waals surface area contributed by atoms with Crippen LogP contribution >= 0.6 is 0 Å². The number of likely N-dealkylation sites (tertiary alicyclic amines) is 1. The lowest BCUT2D eigenvalue weighted by Gasteiger charge is -2.36. The monoisotopic (exact) mass is 264 g/mol. The minimum atomic E-state index is -0.0793. The van der Waals surface area contributed by atoms with E-state index in [1.165, 1.54) is 12.8 Å². The van der Waals surface area contributed by atoms with Crippen molar-refractivity contribution in [2.24, 2.45) is 5.92 Å². The van der Waals surface area contributed by atoms with Gasteiger partial charge in [0.2, 0.25) is 0 Å². The number of nitrogens with one attached hydrogen (secondary N) is 1. The molecule has 0 spiro atoms. The lowest BCUT2D eigenvalue weighted by molar-refractivity contribution is 0.144.